The van der Waals surface area contributed by atoms with Gasteiger partial charge in [0.25, 0.3) is 0 Å². The maximum absolute atomic E-state index is 7.23. The summed E-state index contributed by atoms with van der Waals surface area (Å²) in [7, 11) is 0. The fourth-order valence-electron chi connectivity index (χ4n) is 4.76. The van der Waals surface area contributed by atoms with Crippen LogP contribution in [-0.4, -0.2) is 5.55 Å². The average molecular weight is 680 g/mol. The minimum Gasteiger partial charge on any atom is -0.462 e. The molecule has 0 aliphatic heterocycles. The van der Waals surface area contributed by atoms with Gasteiger partial charge < -0.3 is 14.9 Å². The first kappa shape index (κ1) is 36.3. The summed E-state index contributed by atoms with van der Waals surface area (Å²) < 4.78 is 12.5. The Hall–Kier alpha value is -3.58. The maximum atomic E-state index is 7.23. The molecular weight excluding hydrogens is 635 g/mol. The number of benzene rings is 4. The number of nitrogens with one attached hydrogen (secondary N) is 1. The minimum atomic E-state index is -0.174. The van der Waals surface area contributed by atoms with Crippen LogP contribution < -0.4 is 9.47 Å². The second-order valence-electron chi connectivity index (χ2n) is 12.1. The third kappa shape index (κ3) is 10.7. The SMILES string of the molecule is CC/C=C(/Oc1ccc(C(C)(C)c2ccc(OC(/C=C/Sc3ccc(Sc4ccc(SC=N)cc4)cc3)=C(C)C)cc2)cc1)C(C)C. The third-order valence-corrected chi connectivity index (χ3v) is 10.1. The Bertz CT molecular complexity index is 1680. The van der Waals surface area contributed by atoms with Crippen LogP contribution >= 0.6 is 35.3 Å². The van der Waals surface area contributed by atoms with E-state index in [4.69, 9.17) is 14.9 Å². The molecule has 0 fully saturated rings. The Morgan fingerprint density at radius 3 is 1.62 bits per heavy atom. The molecule has 0 aliphatic carbocycles. The summed E-state index contributed by atoms with van der Waals surface area (Å²) in [5.74, 6) is 3.89. The molecule has 0 radical (unpaired) electrons. The highest BCUT2D eigenvalue weighted by atomic mass is 32.2. The Labute approximate surface area is 294 Å². The Morgan fingerprint density at radius 2 is 1.17 bits per heavy atom. The van der Waals surface area contributed by atoms with Crippen LogP contribution in [0.3, 0.4) is 0 Å². The Kier molecular flexibility index (Phi) is 13.5. The monoisotopic (exact) mass is 679 g/mol. The molecular formula is C41H45NO2S3. The van der Waals surface area contributed by atoms with Crippen LogP contribution in [0.25, 0.3) is 0 Å². The first-order valence-electron chi connectivity index (χ1n) is 15.9. The van der Waals surface area contributed by atoms with E-state index < -0.39 is 0 Å². The summed E-state index contributed by atoms with van der Waals surface area (Å²) in [6, 6.07) is 33.8. The van der Waals surface area contributed by atoms with E-state index in [1.165, 1.54) is 43.1 Å². The lowest BCUT2D eigenvalue weighted by atomic mass is 9.78. The highest BCUT2D eigenvalue weighted by Crippen LogP contribution is 2.35. The van der Waals surface area contributed by atoms with Gasteiger partial charge in [0.2, 0.25) is 0 Å². The lowest BCUT2D eigenvalue weighted by molar-refractivity contribution is 0.366. The van der Waals surface area contributed by atoms with E-state index in [1.807, 2.05) is 6.08 Å². The molecule has 0 bridgehead atoms. The van der Waals surface area contributed by atoms with E-state index in [0.29, 0.717) is 5.92 Å². The number of hydrogen-bond donors (Lipinski definition) is 1. The average Bonchev–Trinajstić information content (AvgIpc) is 3.06. The number of allylic oxidation sites excluding steroid dienone is 4. The van der Waals surface area contributed by atoms with Crippen LogP contribution in [0, 0.1) is 11.3 Å². The third-order valence-electron chi connectivity index (χ3n) is 7.58. The largest absolute Gasteiger partial charge is 0.462 e. The van der Waals surface area contributed by atoms with Crippen molar-refractivity contribution in [3.05, 3.63) is 143 Å². The summed E-state index contributed by atoms with van der Waals surface area (Å²) in [6.45, 7) is 15.1. The van der Waals surface area contributed by atoms with Crippen LogP contribution in [0.15, 0.2) is 151 Å². The first-order valence-corrected chi connectivity index (χ1v) is 18.5. The van der Waals surface area contributed by atoms with Gasteiger partial charge in [-0.3, -0.25) is 0 Å². The highest BCUT2D eigenvalue weighted by Gasteiger charge is 2.23. The normalized spacial score (nSPS) is 12.0. The van der Waals surface area contributed by atoms with Crippen molar-refractivity contribution in [1.82, 2.24) is 0 Å². The molecule has 47 heavy (non-hydrogen) atoms. The maximum Gasteiger partial charge on any atom is 0.127 e. The zero-order valence-corrected chi connectivity index (χ0v) is 30.8. The first-order chi connectivity index (χ1) is 22.6. The van der Waals surface area contributed by atoms with E-state index in [2.05, 4.69) is 157 Å². The van der Waals surface area contributed by atoms with Crippen LogP contribution in [0.4, 0.5) is 0 Å². The van der Waals surface area contributed by atoms with Gasteiger partial charge >= 0.3 is 0 Å². The van der Waals surface area contributed by atoms with E-state index in [0.717, 1.165) is 39.9 Å². The second kappa shape index (κ2) is 17.5. The summed E-state index contributed by atoms with van der Waals surface area (Å²) in [5.41, 5.74) is 4.74. The summed E-state index contributed by atoms with van der Waals surface area (Å²) in [5, 5.41) is 9.31. The van der Waals surface area contributed by atoms with Crippen molar-refractivity contribution in [2.75, 3.05) is 0 Å². The number of hydrogen-bond acceptors (Lipinski definition) is 6. The molecule has 1 N–H and O–H groups in total. The molecule has 0 heterocycles. The molecule has 0 unspecified atom stereocenters. The van der Waals surface area contributed by atoms with E-state index in [9.17, 15) is 0 Å². The molecule has 0 aliphatic rings. The molecule has 3 nitrogen and oxygen atoms in total. The van der Waals surface area contributed by atoms with Gasteiger partial charge in [-0.2, -0.15) is 0 Å². The van der Waals surface area contributed by atoms with Crippen molar-refractivity contribution < 1.29 is 9.47 Å². The topological polar surface area (TPSA) is 42.3 Å². The van der Waals surface area contributed by atoms with Gasteiger partial charge in [0.1, 0.15) is 23.0 Å². The second-order valence-corrected chi connectivity index (χ2v) is 15.2. The molecule has 0 atom stereocenters. The van der Waals surface area contributed by atoms with Crippen molar-refractivity contribution in [2.24, 2.45) is 5.92 Å². The molecule has 4 aromatic carbocycles. The summed E-state index contributed by atoms with van der Waals surface area (Å²) >= 11 is 4.82. The fourth-order valence-corrected chi connectivity index (χ4v) is 6.65. The smallest absolute Gasteiger partial charge is 0.127 e. The highest BCUT2D eigenvalue weighted by molar-refractivity contribution is 8.12. The van der Waals surface area contributed by atoms with E-state index >= 15 is 0 Å². The Balaban J connectivity index is 1.34. The van der Waals surface area contributed by atoms with E-state index in [-0.39, 0.29) is 5.41 Å². The molecule has 244 valence electrons. The van der Waals surface area contributed by atoms with Crippen LogP contribution in [0.5, 0.6) is 11.5 Å². The van der Waals surface area contributed by atoms with Gasteiger partial charge in [0.15, 0.2) is 0 Å². The summed E-state index contributed by atoms with van der Waals surface area (Å²) in [6.07, 6.45) is 5.16. The quantitative estimate of drug-likeness (QED) is 0.0445. The number of rotatable bonds is 15. The molecule has 6 heteroatoms. The van der Waals surface area contributed by atoms with Crippen molar-refractivity contribution in [3.8, 4) is 11.5 Å². The molecule has 0 amide bonds. The van der Waals surface area contributed by atoms with Crippen molar-refractivity contribution >= 4 is 40.8 Å². The molecule has 0 saturated carbocycles. The van der Waals surface area contributed by atoms with Crippen molar-refractivity contribution in [3.63, 3.8) is 0 Å². The Morgan fingerprint density at radius 1 is 0.702 bits per heavy atom. The van der Waals surface area contributed by atoms with E-state index in [1.54, 1.807) is 23.5 Å². The summed E-state index contributed by atoms with van der Waals surface area (Å²) in [4.78, 5) is 4.62. The van der Waals surface area contributed by atoms with Gasteiger partial charge in [-0.05, 0) is 127 Å². The van der Waals surface area contributed by atoms with Crippen LogP contribution in [0.1, 0.15) is 66.0 Å². The predicted molar refractivity (Wildman–Crippen MR) is 204 cm³/mol. The van der Waals surface area contributed by atoms with Gasteiger partial charge in [-0.1, -0.05) is 94.2 Å². The zero-order valence-electron chi connectivity index (χ0n) is 28.4. The van der Waals surface area contributed by atoms with Crippen molar-refractivity contribution in [1.29, 1.82) is 5.41 Å². The van der Waals surface area contributed by atoms with Crippen molar-refractivity contribution in [2.45, 2.75) is 79.9 Å². The molecule has 0 spiro atoms. The van der Waals surface area contributed by atoms with Crippen LogP contribution in [-0.2, 0) is 5.41 Å². The molecule has 0 aromatic heterocycles. The molecule has 4 aromatic rings. The van der Waals surface area contributed by atoms with Gasteiger partial charge in [0.05, 0.1) is 5.55 Å². The molecule has 0 saturated heterocycles. The van der Waals surface area contributed by atoms with Gasteiger partial charge in [0, 0.05) is 30.9 Å². The lowest BCUT2D eigenvalue weighted by Crippen LogP contribution is -2.18. The number of ether oxygens (including phenoxy) is 2. The number of thioether (sulfide) groups is 2. The van der Waals surface area contributed by atoms with Gasteiger partial charge in [-0.25, -0.2) is 0 Å². The lowest BCUT2D eigenvalue weighted by Gasteiger charge is -2.26. The standard InChI is InChI=1S/C41H45NO2S3/c1-8-9-39(29(2)3)43-33-14-10-31(11-15-33)41(6,7)32-12-16-34(17-13-32)44-40(30(4)5)26-27-45-35-18-22-37(23-19-35)47-38-24-20-36(21-25-38)46-28-42/h9-29,42H,8H2,1-7H3/b27-26+,39-9+,42-28?. The predicted octanol–water partition coefficient (Wildman–Crippen LogP) is 13.2. The van der Waals surface area contributed by atoms with Gasteiger partial charge in [-0.15, -0.1) is 0 Å². The zero-order chi connectivity index (χ0) is 33.8. The molecule has 4 rings (SSSR count). The van der Waals surface area contributed by atoms with Crippen LogP contribution in [0.2, 0.25) is 0 Å². The fraction of sp³-hybridized carbons (Fsp3) is 0.244. The minimum absolute atomic E-state index is 0.174.